The summed E-state index contributed by atoms with van der Waals surface area (Å²) >= 11 is 1.18. The van der Waals surface area contributed by atoms with Crippen molar-refractivity contribution < 1.29 is 13.6 Å². The lowest BCUT2D eigenvalue weighted by Gasteiger charge is -2.09. The Balaban J connectivity index is 1.54. The van der Waals surface area contributed by atoms with Crippen LogP contribution >= 0.6 is 11.8 Å². The van der Waals surface area contributed by atoms with Crippen molar-refractivity contribution >= 4 is 17.7 Å². The maximum atomic E-state index is 12.9. The summed E-state index contributed by atoms with van der Waals surface area (Å²) in [7, 11) is 0. The summed E-state index contributed by atoms with van der Waals surface area (Å²) in [6.07, 6.45) is 3.27. The van der Waals surface area contributed by atoms with Crippen molar-refractivity contribution in [2.45, 2.75) is 23.9 Å². The zero-order chi connectivity index (χ0) is 17.6. The molecule has 0 aliphatic heterocycles. The second-order valence-corrected chi connectivity index (χ2v) is 6.51. The Bertz CT molecular complexity index is 839. The summed E-state index contributed by atoms with van der Waals surface area (Å²) < 4.78 is 18.4. The number of nitrogens with zero attached hydrogens (tertiary/aromatic N) is 3. The number of carbonyl (C=O) groups excluding carboxylic acids is 1. The average Bonchev–Trinajstić information content (AvgIpc) is 3.10. The lowest BCUT2D eigenvalue weighted by atomic mass is 10.2. The van der Waals surface area contributed by atoms with Gasteiger partial charge < -0.3 is 9.73 Å². The number of nitrogens with one attached hydrogen (secondary N) is 1. The number of aromatic nitrogens is 3. The molecular weight excluding hydrogens is 343 g/mol. The normalized spacial score (nSPS) is 11.9. The van der Waals surface area contributed by atoms with Gasteiger partial charge in [-0.2, -0.15) is 0 Å². The van der Waals surface area contributed by atoms with E-state index in [0.717, 1.165) is 11.1 Å². The molecule has 3 aromatic rings. The average molecular weight is 358 g/mol. The fraction of sp³-hybridized carbons (Fsp3) is 0.176. The van der Waals surface area contributed by atoms with Crippen LogP contribution in [0.1, 0.15) is 12.5 Å². The predicted octanol–water partition coefficient (Wildman–Crippen LogP) is 3.07. The molecule has 1 unspecified atom stereocenters. The molecule has 2 heterocycles. The molecule has 0 saturated carbocycles. The summed E-state index contributed by atoms with van der Waals surface area (Å²) in [5, 5.41) is 10.6. The highest BCUT2D eigenvalue weighted by Crippen LogP contribution is 2.25. The van der Waals surface area contributed by atoms with Crippen LogP contribution < -0.4 is 5.32 Å². The molecule has 25 heavy (non-hydrogen) atoms. The molecule has 0 saturated heterocycles. The number of halogens is 1. The van der Waals surface area contributed by atoms with Gasteiger partial charge in [0.05, 0.1) is 5.25 Å². The molecule has 0 radical (unpaired) electrons. The van der Waals surface area contributed by atoms with Crippen molar-refractivity contribution in [2.75, 3.05) is 0 Å². The van der Waals surface area contributed by atoms with Crippen molar-refractivity contribution in [3.05, 3.63) is 60.2 Å². The Labute approximate surface area is 147 Å². The van der Waals surface area contributed by atoms with Gasteiger partial charge in [0.25, 0.3) is 5.22 Å². The molecule has 0 aliphatic carbocycles. The van der Waals surface area contributed by atoms with Gasteiger partial charge in [-0.05, 0) is 36.8 Å². The van der Waals surface area contributed by atoms with E-state index in [1.54, 1.807) is 43.6 Å². The van der Waals surface area contributed by atoms with Gasteiger partial charge in [0.1, 0.15) is 5.82 Å². The second-order valence-electron chi connectivity index (χ2n) is 5.21. The molecule has 3 rings (SSSR count). The van der Waals surface area contributed by atoms with E-state index in [1.807, 2.05) is 0 Å². The molecule has 128 valence electrons. The number of hydrogen-bond donors (Lipinski definition) is 1. The number of pyridine rings is 1. The molecule has 0 aliphatic rings. The number of thioether (sulfide) groups is 1. The lowest BCUT2D eigenvalue weighted by molar-refractivity contribution is -0.120. The molecule has 1 N–H and O–H groups in total. The summed E-state index contributed by atoms with van der Waals surface area (Å²) in [6, 6.07) is 9.51. The topological polar surface area (TPSA) is 80.9 Å². The fourth-order valence-corrected chi connectivity index (χ4v) is 2.72. The molecule has 1 atom stereocenters. The van der Waals surface area contributed by atoms with Gasteiger partial charge in [-0.25, -0.2) is 4.39 Å². The van der Waals surface area contributed by atoms with Gasteiger partial charge in [-0.3, -0.25) is 9.78 Å². The zero-order valence-corrected chi connectivity index (χ0v) is 14.2. The highest BCUT2D eigenvalue weighted by atomic mass is 32.2. The first-order chi connectivity index (χ1) is 12.1. The highest BCUT2D eigenvalue weighted by molar-refractivity contribution is 8.00. The first kappa shape index (κ1) is 17.1. The van der Waals surface area contributed by atoms with Gasteiger partial charge in [0.2, 0.25) is 11.8 Å². The highest BCUT2D eigenvalue weighted by Gasteiger charge is 2.18. The summed E-state index contributed by atoms with van der Waals surface area (Å²) in [6.45, 7) is 2.08. The van der Waals surface area contributed by atoms with Crippen molar-refractivity contribution in [1.82, 2.24) is 20.5 Å². The van der Waals surface area contributed by atoms with Crippen LogP contribution in [0.2, 0.25) is 0 Å². The van der Waals surface area contributed by atoms with E-state index in [9.17, 15) is 9.18 Å². The van der Waals surface area contributed by atoms with Gasteiger partial charge >= 0.3 is 0 Å². The minimum absolute atomic E-state index is 0.169. The number of benzene rings is 1. The van der Waals surface area contributed by atoms with Crippen molar-refractivity contribution in [3.8, 4) is 11.5 Å². The third kappa shape index (κ3) is 4.63. The third-order valence-corrected chi connectivity index (χ3v) is 4.29. The molecule has 0 bridgehead atoms. The molecule has 6 nitrogen and oxygen atoms in total. The predicted molar refractivity (Wildman–Crippen MR) is 91.1 cm³/mol. The first-order valence-corrected chi connectivity index (χ1v) is 8.42. The largest absolute Gasteiger partial charge is 0.411 e. The molecule has 1 aromatic carbocycles. The van der Waals surface area contributed by atoms with Crippen molar-refractivity contribution in [2.24, 2.45) is 0 Å². The van der Waals surface area contributed by atoms with E-state index < -0.39 is 5.25 Å². The maximum Gasteiger partial charge on any atom is 0.277 e. The summed E-state index contributed by atoms with van der Waals surface area (Å²) in [5.41, 5.74) is 1.59. The minimum Gasteiger partial charge on any atom is -0.411 e. The Morgan fingerprint density at radius 2 is 1.92 bits per heavy atom. The summed E-state index contributed by atoms with van der Waals surface area (Å²) in [5.74, 6) is -0.0952. The number of carbonyl (C=O) groups is 1. The monoisotopic (exact) mass is 358 g/mol. The van der Waals surface area contributed by atoms with E-state index in [0.29, 0.717) is 17.7 Å². The Kier molecular flexibility index (Phi) is 5.39. The minimum atomic E-state index is -0.411. The fourth-order valence-electron chi connectivity index (χ4n) is 2.01. The number of amides is 1. The first-order valence-electron chi connectivity index (χ1n) is 7.54. The molecule has 0 fully saturated rings. The molecule has 8 heteroatoms. The molecule has 2 aromatic heterocycles. The van der Waals surface area contributed by atoms with Gasteiger partial charge in [-0.15, -0.1) is 10.2 Å². The van der Waals surface area contributed by atoms with Crippen LogP contribution in [0.5, 0.6) is 0 Å². The maximum absolute atomic E-state index is 12.9. The van der Waals surface area contributed by atoms with E-state index in [-0.39, 0.29) is 11.7 Å². The van der Waals surface area contributed by atoms with Crippen molar-refractivity contribution in [1.29, 1.82) is 0 Å². The van der Waals surface area contributed by atoms with Crippen LogP contribution in [0, 0.1) is 5.82 Å². The van der Waals surface area contributed by atoms with Crippen LogP contribution in [0.15, 0.2) is 58.4 Å². The van der Waals surface area contributed by atoms with Crippen molar-refractivity contribution in [3.63, 3.8) is 0 Å². The number of hydrogen-bond acceptors (Lipinski definition) is 6. The SMILES string of the molecule is CC(Sc1nnc(-c2ccncc2)o1)C(=O)NCc1ccc(F)cc1. The smallest absolute Gasteiger partial charge is 0.277 e. The van der Waals surface area contributed by atoms with Crippen LogP contribution in [0.3, 0.4) is 0 Å². The van der Waals surface area contributed by atoms with E-state index >= 15 is 0 Å². The number of rotatable bonds is 6. The van der Waals surface area contributed by atoms with Gasteiger partial charge in [-0.1, -0.05) is 23.9 Å². The zero-order valence-electron chi connectivity index (χ0n) is 13.3. The van der Waals surface area contributed by atoms with Gasteiger partial charge in [0.15, 0.2) is 0 Å². The Hall–Kier alpha value is -2.74. The Morgan fingerprint density at radius 3 is 2.64 bits per heavy atom. The molecular formula is C17H15FN4O2S. The molecule has 0 spiro atoms. The van der Waals surface area contributed by atoms with E-state index in [1.165, 1.54) is 23.9 Å². The quantitative estimate of drug-likeness (QED) is 0.682. The van der Waals surface area contributed by atoms with Crippen LogP contribution in [-0.2, 0) is 11.3 Å². The lowest BCUT2D eigenvalue weighted by Crippen LogP contribution is -2.30. The Morgan fingerprint density at radius 1 is 1.20 bits per heavy atom. The van der Waals surface area contributed by atoms with E-state index in [4.69, 9.17) is 4.42 Å². The van der Waals surface area contributed by atoms with Gasteiger partial charge in [0, 0.05) is 24.5 Å². The van der Waals surface area contributed by atoms with Crippen LogP contribution in [0.25, 0.3) is 11.5 Å². The summed E-state index contributed by atoms with van der Waals surface area (Å²) in [4.78, 5) is 16.1. The standard InChI is InChI=1S/C17H15FN4O2S/c1-11(15(23)20-10-12-2-4-14(18)5-3-12)25-17-22-21-16(24-17)13-6-8-19-9-7-13/h2-9,11H,10H2,1H3,(H,20,23). The molecule has 1 amide bonds. The second kappa shape index (κ2) is 7.89. The van der Waals surface area contributed by atoms with E-state index in [2.05, 4.69) is 20.5 Å². The third-order valence-electron chi connectivity index (χ3n) is 3.36. The van der Waals surface area contributed by atoms with Crippen LogP contribution in [0.4, 0.5) is 4.39 Å². The van der Waals surface area contributed by atoms with Crippen LogP contribution in [-0.4, -0.2) is 26.3 Å².